The van der Waals surface area contributed by atoms with E-state index in [1.165, 1.54) is 17.5 Å². The van der Waals surface area contributed by atoms with Gasteiger partial charge in [-0.05, 0) is 73.2 Å². The predicted octanol–water partition coefficient (Wildman–Crippen LogP) is 3.61. The van der Waals surface area contributed by atoms with Crippen molar-refractivity contribution >= 4 is 11.8 Å². The summed E-state index contributed by atoms with van der Waals surface area (Å²) in [6, 6.07) is 12.4. The van der Waals surface area contributed by atoms with Crippen LogP contribution in [-0.2, 0) is 17.6 Å². The summed E-state index contributed by atoms with van der Waals surface area (Å²) in [5, 5.41) is 0. The largest absolute Gasteiger partial charge is 0.497 e. The lowest BCUT2D eigenvalue weighted by Gasteiger charge is -2.16. The molecule has 0 fully saturated rings. The summed E-state index contributed by atoms with van der Waals surface area (Å²) in [6.07, 6.45) is 4.43. The van der Waals surface area contributed by atoms with Crippen molar-refractivity contribution in [3.8, 4) is 5.75 Å². The van der Waals surface area contributed by atoms with E-state index in [0.29, 0.717) is 16.9 Å². The average molecular weight is 324 g/mol. The Morgan fingerprint density at radius 3 is 2.29 bits per heavy atom. The number of Topliss-reactive ketones (excluding diaryl/α,β-unsaturated/α-hetero) is 1. The van der Waals surface area contributed by atoms with Crippen molar-refractivity contribution in [1.29, 1.82) is 0 Å². The van der Waals surface area contributed by atoms with Crippen LogP contribution in [0.2, 0.25) is 0 Å². The van der Waals surface area contributed by atoms with Crippen LogP contribution >= 0.6 is 0 Å². The highest BCUT2D eigenvalue weighted by molar-refractivity contribution is 5.99. The van der Waals surface area contributed by atoms with Gasteiger partial charge in [0.15, 0.2) is 12.4 Å². The molecule has 2 aromatic rings. The molecule has 0 saturated heterocycles. The minimum absolute atomic E-state index is 0.232. The maximum Gasteiger partial charge on any atom is 0.338 e. The molecule has 1 aliphatic rings. The smallest absolute Gasteiger partial charge is 0.338 e. The molecule has 0 amide bonds. The van der Waals surface area contributed by atoms with Crippen molar-refractivity contribution < 1.29 is 19.1 Å². The lowest BCUT2D eigenvalue weighted by atomic mass is 9.90. The molecular formula is C20H20O4. The molecule has 0 N–H and O–H groups in total. The molecule has 1 aliphatic carbocycles. The van der Waals surface area contributed by atoms with Crippen LogP contribution < -0.4 is 4.74 Å². The van der Waals surface area contributed by atoms with E-state index in [9.17, 15) is 9.59 Å². The molecule has 4 nitrogen and oxygen atoms in total. The number of aryl methyl sites for hydroxylation is 2. The van der Waals surface area contributed by atoms with Crippen molar-refractivity contribution in [2.75, 3.05) is 13.7 Å². The third-order valence-corrected chi connectivity index (χ3v) is 4.33. The molecule has 0 aliphatic heterocycles. The van der Waals surface area contributed by atoms with Crippen molar-refractivity contribution in [3.63, 3.8) is 0 Å². The molecule has 0 atom stereocenters. The summed E-state index contributed by atoms with van der Waals surface area (Å²) in [5.74, 6) is -0.00759. The van der Waals surface area contributed by atoms with Crippen LogP contribution in [0.5, 0.6) is 5.75 Å². The van der Waals surface area contributed by atoms with E-state index in [1.807, 2.05) is 12.1 Å². The molecule has 0 aromatic heterocycles. The number of ketones is 1. The Hall–Kier alpha value is -2.62. The predicted molar refractivity (Wildman–Crippen MR) is 90.7 cm³/mol. The molecule has 0 radical (unpaired) electrons. The van der Waals surface area contributed by atoms with E-state index < -0.39 is 5.97 Å². The first-order valence-electron chi connectivity index (χ1n) is 8.13. The second-order valence-electron chi connectivity index (χ2n) is 5.92. The molecule has 124 valence electrons. The van der Waals surface area contributed by atoms with Gasteiger partial charge in [-0.2, -0.15) is 0 Å². The summed E-state index contributed by atoms with van der Waals surface area (Å²) in [6.45, 7) is -0.262. The zero-order valence-corrected chi connectivity index (χ0v) is 13.7. The zero-order valence-electron chi connectivity index (χ0n) is 13.7. The van der Waals surface area contributed by atoms with Gasteiger partial charge in [-0.1, -0.05) is 6.07 Å². The summed E-state index contributed by atoms with van der Waals surface area (Å²) in [5.41, 5.74) is 3.54. The number of hydrogen-bond donors (Lipinski definition) is 0. The SMILES string of the molecule is COc1ccc(C(=O)COC(=O)c2ccc3c(c2)CCCC3)cc1. The van der Waals surface area contributed by atoms with Gasteiger partial charge < -0.3 is 9.47 Å². The molecule has 4 heteroatoms. The molecule has 24 heavy (non-hydrogen) atoms. The van der Waals surface area contributed by atoms with E-state index >= 15 is 0 Å². The van der Waals surface area contributed by atoms with Crippen LogP contribution in [0.15, 0.2) is 42.5 Å². The van der Waals surface area contributed by atoms with Crippen molar-refractivity contribution in [1.82, 2.24) is 0 Å². The number of ether oxygens (including phenoxy) is 2. The Bertz CT molecular complexity index is 747. The van der Waals surface area contributed by atoms with Crippen LogP contribution in [0.25, 0.3) is 0 Å². The van der Waals surface area contributed by atoms with E-state index in [0.717, 1.165) is 19.3 Å². The third-order valence-electron chi connectivity index (χ3n) is 4.33. The normalized spacial score (nSPS) is 13.0. The third kappa shape index (κ3) is 3.65. The van der Waals surface area contributed by atoms with Gasteiger partial charge in [0.1, 0.15) is 5.75 Å². The van der Waals surface area contributed by atoms with Crippen LogP contribution in [0.4, 0.5) is 0 Å². The Morgan fingerprint density at radius 2 is 1.58 bits per heavy atom. The second-order valence-corrected chi connectivity index (χ2v) is 5.92. The summed E-state index contributed by atoms with van der Waals surface area (Å²) < 4.78 is 10.2. The quantitative estimate of drug-likeness (QED) is 0.623. The maximum absolute atomic E-state index is 12.2. The van der Waals surface area contributed by atoms with Crippen molar-refractivity contribution in [3.05, 3.63) is 64.7 Å². The molecule has 0 unspecified atom stereocenters. The molecule has 0 bridgehead atoms. The first-order chi connectivity index (χ1) is 11.7. The zero-order chi connectivity index (χ0) is 16.9. The molecule has 3 rings (SSSR count). The number of esters is 1. The lowest BCUT2D eigenvalue weighted by molar-refractivity contribution is 0.0474. The van der Waals surface area contributed by atoms with E-state index in [1.54, 1.807) is 37.4 Å². The highest BCUT2D eigenvalue weighted by Gasteiger charge is 2.15. The first-order valence-corrected chi connectivity index (χ1v) is 8.13. The van der Waals surface area contributed by atoms with Crippen LogP contribution in [0.1, 0.15) is 44.7 Å². The number of benzene rings is 2. The number of carbonyl (C=O) groups is 2. The Balaban J connectivity index is 1.61. The van der Waals surface area contributed by atoms with Crippen molar-refractivity contribution in [2.45, 2.75) is 25.7 Å². The van der Waals surface area contributed by atoms with Crippen molar-refractivity contribution in [2.24, 2.45) is 0 Å². The number of carbonyl (C=O) groups excluding carboxylic acids is 2. The average Bonchev–Trinajstić information content (AvgIpc) is 2.65. The number of rotatable bonds is 5. The fourth-order valence-electron chi connectivity index (χ4n) is 2.94. The Kier molecular flexibility index (Phi) is 4.94. The standard InChI is InChI=1S/C20H20O4/c1-23-18-10-8-15(9-11-18)19(21)13-24-20(22)17-7-6-14-4-2-3-5-16(14)12-17/h6-12H,2-5,13H2,1H3. The van der Waals surface area contributed by atoms with Gasteiger partial charge in [0, 0.05) is 5.56 Å². The summed E-state index contributed by atoms with van der Waals surface area (Å²) in [4.78, 5) is 24.3. The Morgan fingerprint density at radius 1 is 0.917 bits per heavy atom. The topological polar surface area (TPSA) is 52.6 Å². The molecule has 0 spiro atoms. The van der Waals surface area contributed by atoms with Gasteiger partial charge >= 0.3 is 5.97 Å². The Labute approximate surface area is 141 Å². The van der Waals surface area contributed by atoms with E-state index in [4.69, 9.17) is 9.47 Å². The van der Waals surface area contributed by atoms with Crippen LogP contribution in [0.3, 0.4) is 0 Å². The second kappa shape index (κ2) is 7.30. The highest BCUT2D eigenvalue weighted by Crippen LogP contribution is 2.22. The van der Waals surface area contributed by atoms with Gasteiger partial charge in [0.05, 0.1) is 12.7 Å². The van der Waals surface area contributed by atoms with Gasteiger partial charge in [-0.15, -0.1) is 0 Å². The molecule has 2 aromatic carbocycles. The van der Waals surface area contributed by atoms with E-state index in [2.05, 4.69) is 0 Å². The summed E-state index contributed by atoms with van der Waals surface area (Å²) in [7, 11) is 1.57. The highest BCUT2D eigenvalue weighted by atomic mass is 16.5. The van der Waals surface area contributed by atoms with Gasteiger partial charge in [0.2, 0.25) is 0 Å². The fraction of sp³-hybridized carbons (Fsp3) is 0.300. The number of methoxy groups -OCH3 is 1. The minimum atomic E-state index is -0.453. The van der Waals surface area contributed by atoms with Gasteiger partial charge in [-0.3, -0.25) is 4.79 Å². The number of fused-ring (bicyclic) bond motifs is 1. The minimum Gasteiger partial charge on any atom is -0.497 e. The molecular weight excluding hydrogens is 304 g/mol. The fourth-order valence-corrected chi connectivity index (χ4v) is 2.94. The first kappa shape index (κ1) is 16.2. The maximum atomic E-state index is 12.2. The van der Waals surface area contributed by atoms with Gasteiger partial charge in [0.25, 0.3) is 0 Å². The van der Waals surface area contributed by atoms with Gasteiger partial charge in [-0.25, -0.2) is 4.79 Å². The lowest BCUT2D eigenvalue weighted by Crippen LogP contribution is -2.15. The van der Waals surface area contributed by atoms with Crippen LogP contribution in [0, 0.1) is 0 Å². The monoisotopic (exact) mass is 324 g/mol. The van der Waals surface area contributed by atoms with Crippen LogP contribution in [-0.4, -0.2) is 25.5 Å². The molecule has 0 saturated carbocycles. The number of hydrogen-bond acceptors (Lipinski definition) is 4. The summed E-state index contributed by atoms with van der Waals surface area (Å²) >= 11 is 0. The van der Waals surface area contributed by atoms with E-state index in [-0.39, 0.29) is 12.4 Å². The molecule has 0 heterocycles.